The van der Waals surface area contributed by atoms with Crippen LogP contribution in [-0.2, 0) is 4.79 Å². The van der Waals surface area contributed by atoms with Gasteiger partial charge in [0.15, 0.2) is 0 Å². The summed E-state index contributed by atoms with van der Waals surface area (Å²) in [6.45, 7) is 3.31. The molecule has 0 aliphatic carbocycles. The first-order valence-corrected chi connectivity index (χ1v) is 5.53. The highest BCUT2D eigenvalue weighted by Crippen LogP contribution is 2.26. The lowest BCUT2D eigenvalue weighted by molar-refractivity contribution is -0.132. The molecule has 1 aromatic heterocycles. The largest absolute Gasteiger partial charge is 0.478 e. The molecule has 0 saturated heterocycles. The van der Waals surface area contributed by atoms with Gasteiger partial charge in [-0.05, 0) is 19.9 Å². The SMILES string of the molecule is C/C(=C\c1c(-c2ccccc2)noc1C)C(=O)O. The second-order valence-corrected chi connectivity index (χ2v) is 4.00. The van der Waals surface area contributed by atoms with Crippen LogP contribution in [0.2, 0.25) is 0 Å². The standard InChI is InChI=1S/C14H13NO3/c1-9(14(16)17)8-12-10(2)18-15-13(12)11-6-4-3-5-7-11/h3-8H,1-2H3,(H,16,17)/b9-8+. The average molecular weight is 243 g/mol. The lowest BCUT2D eigenvalue weighted by atomic mass is 10.0. The number of hydrogen-bond donors (Lipinski definition) is 1. The number of carboxylic acids is 1. The summed E-state index contributed by atoms with van der Waals surface area (Å²) >= 11 is 0. The molecule has 0 atom stereocenters. The van der Waals surface area contributed by atoms with E-state index in [1.165, 1.54) is 0 Å². The van der Waals surface area contributed by atoms with E-state index >= 15 is 0 Å². The van der Waals surface area contributed by atoms with Crippen molar-refractivity contribution in [3.63, 3.8) is 0 Å². The van der Waals surface area contributed by atoms with Gasteiger partial charge in [-0.25, -0.2) is 4.79 Å². The van der Waals surface area contributed by atoms with Gasteiger partial charge < -0.3 is 9.63 Å². The summed E-state index contributed by atoms with van der Waals surface area (Å²) in [7, 11) is 0. The Balaban J connectivity index is 2.52. The fourth-order valence-corrected chi connectivity index (χ4v) is 1.63. The number of carbonyl (C=O) groups is 1. The van der Waals surface area contributed by atoms with Gasteiger partial charge in [-0.2, -0.15) is 0 Å². The van der Waals surface area contributed by atoms with Crippen LogP contribution in [0.3, 0.4) is 0 Å². The molecule has 0 saturated carbocycles. The molecule has 0 aliphatic heterocycles. The van der Waals surface area contributed by atoms with E-state index in [0.29, 0.717) is 17.0 Å². The highest BCUT2D eigenvalue weighted by atomic mass is 16.5. The number of rotatable bonds is 3. The smallest absolute Gasteiger partial charge is 0.331 e. The number of nitrogens with zero attached hydrogens (tertiary/aromatic N) is 1. The molecule has 0 unspecified atom stereocenters. The van der Waals surface area contributed by atoms with Gasteiger partial charge >= 0.3 is 5.97 Å². The third-order valence-electron chi connectivity index (χ3n) is 2.65. The molecule has 92 valence electrons. The summed E-state index contributed by atoms with van der Waals surface area (Å²) in [4.78, 5) is 10.9. The van der Waals surface area contributed by atoms with Crippen LogP contribution < -0.4 is 0 Å². The van der Waals surface area contributed by atoms with Gasteiger partial charge in [0.05, 0.1) is 0 Å². The van der Waals surface area contributed by atoms with E-state index in [0.717, 1.165) is 5.56 Å². The molecule has 0 spiro atoms. The zero-order valence-corrected chi connectivity index (χ0v) is 10.2. The second-order valence-electron chi connectivity index (χ2n) is 4.00. The van der Waals surface area contributed by atoms with Crippen molar-refractivity contribution in [2.24, 2.45) is 0 Å². The molecule has 1 heterocycles. The van der Waals surface area contributed by atoms with Gasteiger partial charge in [-0.15, -0.1) is 0 Å². The first-order chi connectivity index (χ1) is 8.59. The Morgan fingerprint density at radius 1 is 1.33 bits per heavy atom. The van der Waals surface area contributed by atoms with Crippen LogP contribution in [-0.4, -0.2) is 16.2 Å². The van der Waals surface area contributed by atoms with Gasteiger partial charge in [-0.3, -0.25) is 0 Å². The predicted molar refractivity (Wildman–Crippen MR) is 68.0 cm³/mol. The summed E-state index contributed by atoms with van der Waals surface area (Å²) in [5, 5.41) is 12.9. The molecule has 2 aromatic rings. The molecule has 0 amide bonds. The van der Waals surface area contributed by atoms with Crippen molar-refractivity contribution in [3.8, 4) is 11.3 Å². The summed E-state index contributed by atoms with van der Waals surface area (Å²) in [5.41, 5.74) is 2.52. The number of benzene rings is 1. The Morgan fingerprint density at radius 2 is 2.00 bits per heavy atom. The maximum absolute atomic E-state index is 10.9. The Kier molecular flexibility index (Phi) is 3.28. The second kappa shape index (κ2) is 4.87. The molecule has 0 aliphatic rings. The van der Waals surface area contributed by atoms with Crippen molar-refractivity contribution in [3.05, 3.63) is 47.2 Å². The van der Waals surface area contributed by atoms with E-state index in [2.05, 4.69) is 5.16 Å². The van der Waals surface area contributed by atoms with Crippen LogP contribution in [0.15, 0.2) is 40.4 Å². The molecule has 18 heavy (non-hydrogen) atoms. The number of hydrogen-bond acceptors (Lipinski definition) is 3. The predicted octanol–water partition coefficient (Wildman–Crippen LogP) is 3.14. The molecular formula is C14H13NO3. The van der Waals surface area contributed by atoms with Gasteiger partial charge in [-0.1, -0.05) is 35.5 Å². The van der Waals surface area contributed by atoms with Gasteiger partial charge in [0.1, 0.15) is 11.5 Å². The molecule has 0 bridgehead atoms. The topological polar surface area (TPSA) is 63.3 Å². The van der Waals surface area contributed by atoms with Crippen molar-refractivity contribution in [1.82, 2.24) is 5.16 Å². The van der Waals surface area contributed by atoms with Gasteiger partial charge in [0, 0.05) is 16.7 Å². The molecule has 0 fully saturated rings. The lowest BCUT2D eigenvalue weighted by Crippen LogP contribution is -1.96. The van der Waals surface area contributed by atoms with E-state index in [1.54, 1.807) is 19.9 Å². The first-order valence-electron chi connectivity index (χ1n) is 5.53. The highest BCUT2D eigenvalue weighted by molar-refractivity contribution is 5.93. The van der Waals surface area contributed by atoms with Crippen molar-refractivity contribution in [2.75, 3.05) is 0 Å². The van der Waals surface area contributed by atoms with Crippen LogP contribution in [0.1, 0.15) is 18.2 Å². The van der Waals surface area contributed by atoms with E-state index in [4.69, 9.17) is 9.63 Å². The summed E-state index contributed by atoms with van der Waals surface area (Å²) in [6.07, 6.45) is 1.58. The summed E-state index contributed by atoms with van der Waals surface area (Å²) in [5.74, 6) is -0.343. The van der Waals surface area contributed by atoms with Crippen molar-refractivity contribution in [1.29, 1.82) is 0 Å². The maximum atomic E-state index is 10.9. The summed E-state index contributed by atoms with van der Waals surface area (Å²) < 4.78 is 5.14. The minimum atomic E-state index is -0.949. The zero-order valence-electron chi connectivity index (χ0n) is 10.2. The monoisotopic (exact) mass is 243 g/mol. The number of aryl methyl sites for hydroxylation is 1. The van der Waals surface area contributed by atoms with Crippen molar-refractivity contribution in [2.45, 2.75) is 13.8 Å². The summed E-state index contributed by atoms with van der Waals surface area (Å²) in [6, 6.07) is 9.53. The lowest BCUT2D eigenvalue weighted by Gasteiger charge is -1.98. The van der Waals surface area contributed by atoms with E-state index < -0.39 is 5.97 Å². The third kappa shape index (κ3) is 2.32. The van der Waals surface area contributed by atoms with Crippen LogP contribution in [0.4, 0.5) is 0 Å². The highest BCUT2D eigenvalue weighted by Gasteiger charge is 2.13. The Bertz CT molecular complexity index is 597. The minimum absolute atomic E-state index is 0.249. The quantitative estimate of drug-likeness (QED) is 0.841. The van der Waals surface area contributed by atoms with Gasteiger partial charge in [0.2, 0.25) is 0 Å². The Labute approximate surface area is 105 Å². The van der Waals surface area contributed by atoms with Crippen molar-refractivity contribution >= 4 is 12.0 Å². The normalized spacial score (nSPS) is 11.6. The van der Waals surface area contributed by atoms with Crippen LogP contribution in [0.5, 0.6) is 0 Å². The van der Waals surface area contributed by atoms with Gasteiger partial charge in [0.25, 0.3) is 0 Å². The zero-order chi connectivity index (χ0) is 13.1. The molecule has 0 radical (unpaired) electrons. The van der Waals surface area contributed by atoms with Crippen LogP contribution in [0, 0.1) is 6.92 Å². The fourth-order valence-electron chi connectivity index (χ4n) is 1.63. The van der Waals surface area contributed by atoms with Crippen LogP contribution >= 0.6 is 0 Å². The van der Waals surface area contributed by atoms with Crippen LogP contribution in [0.25, 0.3) is 17.3 Å². The molecule has 2 rings (SSSR count). The molecule has 4 heteroatoms. The fraction of sp³-hybridized carbons (Fsp3) is 0.143. The molecular weight excluding hydrogens is 230 g/mol. The average Bonchev–Trinajstić information content (AvgIpc) is 2.72. The number of aromatic nitrogens is 1. The van der Waals surface area contributed by atoms with Crippen molar-refractivity contribution < 1.29 is 14.4 Å². The molecule has 1 N–H and O–H groups in total. The number of carboxylic acid groups (broad SMARTS) is 1. The molecule has 4 nitrogen and oxygen atoms in total. The van der Waals surface area contributed by atoms with E-state index in [1.807, 2.05) is 30.3 Å². The Morgan fingerprint density at radius 3 is 2.61 bits per heavy atom. The van der Waals surface area contributed by atoms with E-state index in [9.17, 15) is 4.79 Å². The Hall–Kier alpha value is -2.36. The number of aliphatic carboxylic acids is 1. The van der Waals surface area contributed by atoms with E-state index in [-0.39, 0.29) is 5.57 Å². The third-order valence-corrected chi connectivity index (χ3v) is 2.65. The first kappa shape index (κ1) is 12.1. The maximum Gasteiger partial charge on any atom is 0.331 e. The minimum Gasteiger partial charge on any atom is -0.478 e. The molecule has 1 aromatic carbocycles.